The molecular weight excluding hydrogens is 448 g/mol. The number of ether oxygens (including phenoxy) is 3. The summed E-state index contributed by atoms with van der Waals surface area (Å²) in [5.74, 6) is 3.47. The zero-order chi connectivity index (χ0) is 24.8. The van der Waals surface area contributed by atoms with Crippen LogP contribution in [0.3, 0.4) is 0 Å². The first-order valence-corrected chi connectivity index (χ1v) is 11.8. The van der Waals surface area contributed by atoms with Crippen LogP contribution < -0.4 is 24.0 Å². The maximum atomic E-state index is 12.8. The quantitative estimate of drug-likeness (QED) is 0.547. The largest absolute Gasteiger partial charge is 0.493 e. The summed E-state index contributed by atoms with van der Waals surface area (Å²) < 4.78 is 16.1. The number of piperazine rings is 2. The van der Waals surface area contributed by atoms with Gasteiger partial charge in [0.1, 0.15) is 18.0 Å². The second-order valence-corrected chi connectivity index (χ2v) is 8.63. The Balaban J connectivity index is 1.36. The SMILES string of the molecule is COc1cc(/C=C/C(=O)N2CCN(c3cc(N4CCN(C)CC4)ncn3)CC2)cc(OC)c1OC. The van der Waals surface area contributed by atoms with Crippen LogP contribution >= 0.6 is 0 Å². The highest BCUT2D eigenvalue weighted by Gasteiger charge is 2.22. The van der Waals surface area contributed by atoms with E-state index < -0.39 is 0 Å². The Morgan fingerprint density at radius 1 is 0.800 bits per heavy atom. The lowest BCUT2D eigenvalue weighted by Crippen LogP contribution is -2.48. The molecule has 0 unspecified atom stereocenters. The molecular formula is C25H34N6O4. The Bertz CT molecular complexity index is 1020. The molecule has 10 nitrogen and oxygen atoms in total. The number of rotatable bonds is 7. The summed E-state index contributed by atoms with van der Waals surface area (Å²) in [4.78, 5) is 30.5. The second kappa shape index (κ2) is 11.3. The minimum atomic E-state index is -0.0285. The fraction of sp³-hybridized carbons (Fsp3) is 0.480. The summed E-state index contributed by atoms with van der Waals surface area (Å²) >= 11 is 0. The van der Waals surface area contributed by atoms with Crippen LogP contribution in [0.15, 0.2) is 30.6 Å². The lowest BCUT2D eigenvalue weighted by molar-refractivity contribution is -0.126. The van der Waals surface area contributed by atoms with E-state index in [4.69, 9.17) is 14.2 Å². The Morgan fingerprint density at radius 3 is 1.86 bits per heavy atom. The normalized spacial score (nSPS) is 17.1. The molecule has 0 N–H and O–H groups in total. The highest BCUT2D eigenvalue weighted by molar-refractivity contribution is 5.92. The number of hydrogen-bond donors (Lipinski definition) is 0. The van der Waals surface area contributed by atoms with Crippen molar-refractivity contribution in [2.75, 3.05) is 90.5 Å². The Labute approximate surface area is 206 Å². The Kier molecular flexibility index (Phi) is 7.91. The van der Waals surface area contributed by atoms with E-state index in [0.717, 1.165) is 56.5 Å². The predicted molar refractivity (Wildman–Crippen MR) is 136 cm³/mol. The number of likely N-dealkylation sites (N-methyl/N-ethyl adjacent to an activating group) is 1. The van der Waals surface area contributed by atoms with E-state index in [9.17, 15) is 4.79 Å². The number of amides is 1. The van der Waals surface area contributed by atoms with Gasteiger partial charge < -0.3 is 33.8 Å². The molecule has 4 rings (SSSR count). The van der Waals surface area contributed by atoms with Gasteiger partial charge in [0.25, 0.3) is 0 Å². The summed E-state index contributed by atoms with van der Waals surface area (Å²) in [5.41, 5.74) is 0.795. The van der Waals surface area contributed by atoms with E-state index in [1.54, 1.807) is 39.8 Å². The van der Waals surface area contributed by atoms with Crippen molar-refractivity contribution in [1.82, 2.24) is 19.8 Å². The molecule has 1 aromatic carbocycles. The third kappa shape index (κ3) is 5.76. The van der Waals surface area contributed by atoms with Crippen molar-refractivity contribution in [2.24, 2.45) is 0 Å². The van der Waals surface area contributed by atoms with Gasteiger partial charge >= 0.3 is 0 Å². The van der Waals surface area contributed by atoms with Crippen LogP contribution in [0.1, 0.15) is 5.56 Å². The van der Waals surface area contributed by atoms with Crippen molar-refractivity contribution >= 4 is 23.6 Å². The number of carbonyl (C=O) groups excluding carboxylic acids is 1. The lowest BCUT2D eigenvalue weighted by atomic mass is 10.1. The van der Waals surface area contributed by atoms with Crippen LogP contribution in [-0.2, 0) is 4.79 Å². The number of hydrogen-bond acceptors (Lipinski definition) is 9. The van der Waals surface area contributed by atoms with Crippen molar-refractivity contribution in [3.8, 4) is 17.2 Å². The van der Waals surface area contributed by atoms with Crippen molar-refractivity contribution in [3.05, 3.63) is 36.2 Å². The highest BCUT2D eigenvalue weighted by Crippen LogP contribution is 2.38. The summed E-state index contributed by atoms with van der Waals surface area (Å²) in [6.07, 6.45) is 5.00. The first-order valence-electron chi connectivity index (χ1n) is 11.8. The maximum Gasteiger partial charge on any atom is 0.246 e. The van der Waals surface area contributed by atoms with Gasteiger partial charge in [0.2, 0.25) is 11.7 Å². The minimum absolute atomic E-state index is 0.0285. The number of anilines is 2. The van der Waals surface area contributed by atoms with Crippen LogP contribution in [0, 0.1) is 0 Å². The molecule has 2 aromatic rings. The van der Waals surface area contributed by atoms with Crippen LogP contribution in [0.25, 0.3) is 6.08 Å². The van der Waals surface area contributed by atoms with Gasteiger partial charge in [0.15, 0.2) is 11.5 Å². The molecule has 0 saturated carbocycles. The number of aromatic nitrogens is 2. The van der Waals surface area contributed by atoms with E-state index in [2.05, 4.69) is 37.8 Å². The fourth-order valence-electron chi connectivity index (χ4n) is 4.35. The molecule has 3 heterocycles. The van der Waals surface area contributed by atoms with E-state index in [1.807, 2.05) is 17.0 Å². The molecule has 1 aromatic heterocycles. The zero-order valence-corrected chi connectivity index (χ0v) is 20.9. The summed E-state index contributed by atoms with van der Waals surface area (Å²) in [6.45, 7) is 6.71. The molecule has 2 saturated heterocycles. The molecule has 0 atom stereocenters. The van der Waals surface area contributed by atoms with Crippen LogP contribution in [0.2, 0.25) is 0 Å². The average molecular weight is 483 g/mol. The molecule has 35 heavy (non-hydrogen) atoms. The zero-order valence-electron chi connectivity index (χ0n) is 20.9. The summed E-state index contributed by atoms with van der Waals surface area (Å²) in [7, 11) is 6.85. The molecule has 0 aliphatic carbocycles. The van der Waals surface area contributed by atoms with Crippen LogP contribution in [0.4, 0.5) is 11.6 Å². The smallest absolute Gasteiger partial charge is 0.246 e. The van der Waals surface area contributed by atoms with Gasteiger partial charge in [-0.15, -0.1) is 0 Å². The topological polar surface area (TPSA) is 83.5 Å². The van der Waals surface area contributed by atoms with Gasteiger partial charge in [-0.1, -0.05) is 0 Å². The Hall–Kier alpha value is -3.53. The van der Waals surface area contributed by atoms with E-state index >= 15 is 0 Å². The third-order valence-corrected chi connectivity index (χ3v) is 6.49. The van der Waals surface area contributed by atoms with Crippen molar-refractivity contribution in [2.45, 2.75) is 0 Å². The molecule has 2 fully saturated rings. The van der Waals surface area contributed by atoms with Gasteiger partial charge in [-0.2, -0.15) is 0 Å². The number of nitrogens with zero attached hydrogens (tertiary/aromatic N) is 6. The minimum Gasteiger partial charge on any atom is -0.493 e. The van der Waals surface area contributed by atoms with Crippen LogP contribution in [-0.4, -0.2) is 106 Å². The first kappa shape index (κ1) is 24.6. The van der Waals surface area contributed by atoms with E-state index in [1.165, 1.54) is 0 Å². The van der Waals surface area contributed by atoms with E-state index in [-0.39, 0.29) is 5.91 Å². The highest BCUT2D eigenvalue weighted by atomic mass is 16.5. The molecule has 0 bridgehead atoms. The molecule has 0 spiro atoms. The van der Waals surface area contributed by atoms with Crippen molar-refractivity contribution < 1.29 is 19.0 Å². The van der Waals surface area contributed by atoms with Gasteiger partial charge in [-0.3, -0.25) is 4.79 Å². The lowest BCUT2D eigenvalue weighted by Gasteiger charge is -2.36. The summed E-state index contributed by atoms with van der Waals surface area (Å²) in [6, 6.07) is 5.69. The number of carbonyl (C=O) groups is 1. The molecule has 2 aliphatic heterocycles. The first-order chi connectivity index (χ1) is 17.0. The molecule has 10 heteroatoms. The molecule has 1 amide bonds. The standard InChI is InChI=1S/C25H34N6O4/c1-28-7-9-29(10-8-28)22-17-23(27-18-26-22)30-11-13-31(14-12-30)24(32)6-5-19-15-20(33-2)25(35-4)21(16-19)34-3/h5-6,15-18H,7-14H2,1-4H3/b6-5+. The fourth-order valence-corrected chi connectivity index (χ4v) is 4.35. The van der Waals surface area contributed by atoms with E-state index in [0.29, 0.717) is 30.3 Å². The summed E-state index contributed by atoms with van der Waals surface area (Å²) in [5, 5.41) is 0. The van der Waals surface area contributed by atoms with Crippen LogP contribution in [0.5, 0.6) is 17.2 Å². The van der Waals surface area contributed by atoms with Gasteiger partial charge in [0.05, 0.1) is 21.3 Å². The van der Waals surface area contributed by atoms with Gasteiger partial charge in [-0.05, 0) is 30.8 Å². The van der Waals surface area contributed by atoms with Gasteiger partial charge in [0, 0.05) is 64.5 Å². The number of benzene rings is 1. The second-order valence-electron chi connectivity index (χ2n) is 8.63. The average Bonchev–Trinajstić information content (AvgIpc) is 2.91. The third-order valence-electron chi connectivity index (χ3n) is 6.49. The van der Waals surface area contributed by atoms with Crippen molar-refractivity contribution in [3.63, 3.8) is 0 Å². The number of methoxy groups -OCH3 is 3. The molecule has 188 valence electrons. The van der Waals surface area contributed by atoms with Gasteiger partial charge in [-0.25, -0.2) is 9.97 Å². The predicted octanol–water partition coefficient (Wildman–Crippen LogP) is 1.62. The maximum absolute atomic E-state index is 12.8. The monoisotopic (exact) mass is 482 g/mol. The Morgan fingerprint density at radius 2 is 1.34 bits per heavy atom. The molecule has 0 radical (unpaired) electrons. The van der Waals surface area contributed by atoms with Crippen molar-refractivity contribution in [1.29, 1.82) is 0 Å². The molecule has 2 aliphatic rings.